The number of piperidine rings is 1. The standard InChI is InChI=1S/C25H36N4O2S/c1-19-15-20(2)17-29(16-19)25(31)18-27-11-13-28(14-12-27)24(30)10-6-5-9-23-26-21-7-3-4-8-22(21)32-23/h3-4,7-8,19-20H,5-6,9-18H2,1-2H3. The maximum Gasteiger partial charge on any atom is 0.236 e. The van der Waals surface area contributed by atoms with Crippen LogP contribution in [-0.4, -0.2) is 77.3 Å². The van der Waals surface area contributed by atoms with Gasteiger partial charge in [0.25, 0.3) is 0 Å². The minimum Gasteiger partial charge on any atom is -0.341 e. The van der Waals surface area contributed by atoms with Crippen LogP contribution in [0.3, 0.4) is 0 Å². The van der Waals surface area contributed by atoms with Crippen LogP contribution in [0.2, 0.25) is 0 Å². The third-order valence-electron chi connectivity index (χ3n) is 6.67. The van der Waals surface area contributed by atoms with Gasteiger partial charge in [-0.3, -0.25) is 14.5 Å². The van der Waals surface area contributed by atoms with E-state index in [0.717, 1.165) is 69.1 Å². The number of thiazole rings is 1. The van der Waals surface area contributed by atoms with Crippen LogP contribution in [0.25, 0.3) is 10.2 Å². The second kappa shape index (κ2) is 10.8. The zero-order chi connectivity index (χ0) is 22.5. The van der Waals surface area contributed by atoms with Gasteiger partial charge in [0.05, 0.1) is 21.8 Å². The van der Waals surface area contributed by atoms with Crippen molar-refractivity contribution in [1.82, 2.24) is 19.7 Å². The van der Waals surface area contributed by atoms with E-state index in [4.69, 9.17) is 0 Å². The van der Waals surface area contributed by atoms with Crippen molar-refractivity contribution >= 4 is 33.4 Å². The molecule has 2 aliphatic rings. The summed E-state index contributed by atoms with van der Waals surface area (Å²) in [7, 11) is 0. The van der Waals surface area contributed by atoms with Crippen molar-refractivity contribution in [1.29, 1.82) is 0 Å². The molecule has 2 aromatic rings. The number of aromatic nitrogens is 1. The molecule has 174 valence electrons. The zero-order valence-electron chi connectivity index (χ0n) is 19.5. The van der Waals surface area contributed by atoms with E-state index in [2.05, 4.69) is 35.9 Å². The van der Waals surface area contributed by atoms with Crippen molar-refractivity contribution in [2.45, 2.75) is 46.0 Å². The number of unbranched alkanes of at least 4 members (excludes halogenated alkanes) is 1. The molecule has 0 saturated carbocycles. The third-order valence-corrected chi connectivity index (χ3v) is 7.77. The number of carbonyl (C=O) groups is 2. The van der Waals surface area contributed by atoms with Gasteiger partial charge in [0.15, 0.2) is 0 Å². The van der Waals surface area contributed by atoms with Gasteiger partial charge in [0, 0.05) is 45.7 Å². The Kier molecular flexibility index (Phi) is 7.79. The summed E-state index contributed by atoms with van der Waals surface area (Å²) in [4.78, 5) is 36.2. The fraction of sp³-hybridized carbons (Fsp3) is 0.640. The van der Waals surface area contributed by atoms with Crippen LogP contribution >= 0.6 is 11.3 Å². The summed E-state index contributed by atoms with van der Waals surface area (Å²) >= 11 is 1.76. The fourth-order valence-corrected chi connectivity index (χ4v) is 6.06. The largest absolute Gasteiger partial charge is 0.341 e. The van der Waals surface area contributed by atoms with Gasteiger partial charge in [-0.2, -0.15) is 0 Å². The summed E-state index contributed by atoms with van der Waals surface area (Å²) in [6, 6.07) is 8.24. The van der Waals surface area contributed by atoms with Crippen molar-refractivity contribution in [3.8, 4) is 0 Å². The molecule has 1 aromatic carbocycles. The molecule has 1 aromatic heterocycles. The van der Waals surface area contributed by atoms with Crippen LogP contribution in [0.15, 0.2) is 24.3 Å². The predicted octanol–water partition coefficient (Wildman–Crippen LogP) is 3.66. The molecule has 2 aliphatic heterocycles. The number of carbonyl (C=O) groups excluding carboxylic acids is 2. The van der Waals surface area contributed by atoms with Crippen LogP contribution in [0.4, 0.5) is 0 Å². The lowest BCUT2D eigenvalue weighted by Gasteiger charge is -2.38. The summed E-state index contributed by atoms with van der Waals surface area (Å²) in [6.07, 6.45) is 4.65. The van der Waals surface area contributed by atoms with E-state index in [1.807, 2.05) is 21.9 Å². The first-order chi connectivity index (χ1) is 15.5. The lowest BCUT2D eigenvalue weighted by atomic mass is 9.92. The molecule has 6 nitrogen and oxygen atoms in total. The van der Waals surface area contributed by atoms with Gasteiger partial charge in [-0.05, 0) is 49.7 Å². The second-order valence-corrected chi connectivity index (χ2v) is 10.8. The molecular formula is C25H36N4O2S. The molecule has 2 amide bonds. The average Bonchev–Trinajstić information content (AvgIpc) is 3.19. The quantitative estimate of drug-likeness (QED) is 0.597. The Morgan fingerprint density at radius 3 is 2.41 bits per heavy atom. The van der Waals surface area contributed by atoms with Crippen molar-refractivity contribution < 1.29 is 9.59 Å². The molecule has 4 rings (SSSR count). The minimum atomic E-state index is 0.248. The Morgan fingerprint density at radius 2 is 1.69 bits per heavy atom. The lowest BCUT2D eigenvalue weighted by Crippen LogP contribution is -2.53. The van der Waals surface area contributed by atoms with E-state index in [0.29, 0.717) is 24.8 Å². The van der Waals surface area contributed by atoms with E-state index < -0.39 is 0 Å². The van der Waals surface area contributed by atoms with Crippen LogP contribution in [0.5, 0.6) is 0 Å². The highest BCUT2D eigenvalue weighted by molar-refractivity contribution is 7.18. The number of fused-ring (bicyclic) bond motifs is 1. The Bertz CT molecular complexity index is 879. The molecule has 0 bridgehead atoms. The van der Waals surface area contributed by atoms with E-state index in [-0.39, 0.29) is 11.8 Å². The molecule has 2 saturated heterocycles. The summed E-state index contributed by atoms with van der Waals surface area (Å²) < 4.78 is 1.24. The van der Waals surface area contributed by atoms with Crippen LogP contribution in [-0.2, 0) is 16.0 Å². The van der Waals surface area contributed by atoms with Gasteiger partial charge < -0.3 is 9.80 Å². The van der Waals surface area contributed by atoms with Gasteiger partial charge in [-0.25, -0.2) is 4.98 Å². The Balaban J connectivity index is 1.13. The normalized spacial score (nSPS) is 22.4. The zero-order valence-corrected chi connectivity index (χ0v) is 20.3. The van der Waals surface area contributed by atoms with Gasteiger partial charge >= 0.3 is 0 Å². The van der Waals surface area contributed by atoms with Gasteiger partial charge in [-0.1, -0.05) is 26.0 Å². The van der Waals surface area contributed by atoms with E-state index >= 15 is 0 Å². The van der Waals surface area contributed by atoms with Crippen LogP contribution in [0, 0.1) is 11.8 Å². The lowest BCUT2D eigenvalue weighted by molar-refractivity contribution is -0.136. The van der Waals surface area contributed by atoms with Gasteiger partial charge in [0.2, 0.25) is 11.8 Å². The number of aryl methyl sites for hydroxylation is 1. The van der Waals surface area contributed by atoms with Gasteiger partial charge in [0.1, 0.15) is 0 Å². The highest BCUT2D eigenvalue weighted by Gasteiger charge is 2.28. The summed E-state index contributed by atoms with van der Waals surface area (Å²) in [5, 5.41) is 1.16. The fourth-order valence-electron chi connectivity index (χ4n) is 5.05. The van der Waals surface area contributed by atoms with E-state index in [9.17, 15) is 9.59 Å². The highest BCUT2D eigenvalue weighted by Crippen LogP contribution is 2.23. The molecule has 0 spiro atoms. The molecular weight excluding hydrogens is 420 g/mol. The van der Waals surface area contributed by atoms with Gasteiger partial charge in [-0.15, -0.1) is 11.3 Å². The summed E-state index contributed by atoms with van der Waals surface area (Å²) in [6.45, 7) is 9.79. The number of benzene rings is 1. The second-order valence-electron chi connectivity index (χ2n) is 9.68. The first-order valence-electron chi connectivity index (χ1n) is 12.1. The molecule has 7 heteroatoms. The number of hydrogen-bond donors (Lipinski definition) is 0. The number of likely N-dealkylation sites (tertiary alicyclic amines) is 1. The summed E-state index contributed by atoms with van der Waals surface area (Å²) in [5.74, 6) is 1.68. The molecule has 0 aliphatic carbocycles. The SMILES string of the molecule is CC1CC(C)CN(C(=O)CN2CCN(C(=O)CCCCc3nc4ccccc4s3)CC2)C1. The number of amides is 2. The van der Waals surface area contributed by atoms with Crippen molar-refractivity contribution in [2.24, 2.45) is 11.8 Å². The maximum absolute atomic E-state index is 12.7. The molecule has 2 unspecified atom stereocenters. The molecule has 32 heavy (non-hydrogen) atoms. The minimum absolute atomic E-state index is 0.248. The van der Waals surface area contributed by atoms with E-state index in [1.54, 1.807) is 11.3 Å². The Morgan fingerprint density at radius 1 is 0.969 bits per heavy atom. The number of nitrogens with zero attached hydrogens (tertiary/aromatic N) is 4. The highest BCUT2D eigenvalue weighted by atomic mass is 32.1. The van der Waals surface area contributed by atoms with Crippen molar-refractivity contribution in [2.75, 3.05) is 45.8 Å². The smallest absolute Gasteiger partial charge is 0.236 e. The topological polar surface area (TPSA) is 56.8 Å². The Labute approximate surface area is 195 Å². The number of para-hydroxylation sites is 1. The number of rotatable bonds is 7. The van der Waals surface area contributed by atoms with E-state index in [1.165, 1.54) is 11.1 Å². The molecule has 3 heterocycles. The molecule has 0 radical (unpaired) electrons. The molecule has 2 fully saturated rings. The predicted molar refractivity (Wildman–Crippen MR) is 130 cm³/mol. The maximum atomic E-state index is 12.7. The van der Waals surface area contributed by atoms with Crippen molar-refractivity contribution in [3.05, 3.63) is 29.3 Å². The van der Waals surface area contributed by atoms with Crippen molar-refractivity contribution in [3.63, 3.8) is 0 Å². The molecule has 2 atom stereocenters. The first-order valence-corrected chi connectivity index (χ1v) is 12.9. The van der Waals surface area contributed by atoms with Crippen LogP contribution < -0.4 is 0 Å². The monoisotopic (exact) mass is 456 g/mol. The number of piperazine rings is 1. The van der Waals surface area contributed by atoms with Crippen LogP contribution in [0.1, 0.15) is 44.5 Å². The Hall–Kier alpha value is -1.99. The first kappa shape index (κ1) is 23.2. The molecule has 0 N–H and O–H groups in total. The average molecular weight is 457 g/mol. The third kappa shape index (κ3) is 6.07. The summed E-state index contributed by atoms with van der Waals surface area (Å²) in [5.41, 5.74) is 1.07. The number of hydrogen-bond acceptors (Lipinski definition) is 5.